The van der Waals surface area contributed by atoms with Crippen molar-refractivity contribution in [3.05, 3.63) is 41.6 Å². The molecule has 1 aromatic carbocycles. The van der Waals surface area contributed by atoms with Crippen LogP contribution in [0.1, 0.15) is 30.7 Å². The highest BCUT2D eigenvalue weighted by molar-refractivity contribution is 5.94. The molecule has 28 heavy (non-hydrogen) atoms. The van der Waals surface area contributed by atoms with Gasteiger partial charge < -0.3 is 26.6 Å². The van der Waals surface area contributed by atoms with Gasteiger partial charge in [-0.05, 0) is 43.5 Å². The molecule has 3 heterocycles. The molecule has 4 rings (SSSR count). The van der Waals surface area contributed by atoms with Crippen molar-refractivity contribution in [2.75, 3.05) is 38.0 Å². The number of piperidine rings is 1. The summed E-state index contributed by atoms with van der Waals surface area (Å²) >= 11 is 0. The summed E-state index contributed by atoms with van der Waals surface area (Å²) in [6.07, 6.45) is 4.51. The third-order valence-corrected chi connectivity index (χ3v) is 5.94. The van der Waals surface area contributed by atoms with E-state index < -0.39 is 0 Å². The van der Waals surface area contributed by atoms with Gasteiger partial charge in [0.15, 0.2) is 0 Å². The van der Waals surface area contributed by atoms with Gasteiger partial charge in [0.1, 0.15) is 0 Å². The van der Waals surface area contributed by atoms with Crippen LogP contribution < -0.4 is 21.7 Å². The number of benzene rings is 1. The van der Waals surface area contributed by atoms with Gasteiger partial charge in [0, 0.05) is 37.8 Å². The number of likely N-dealkylation sites (tertiary alicyclic amines) is 1. The maximum Gasteiger partial charge on any atom is 0.269 e. The molecule has 0 aliphatic carbocycles. The maximum absolute atomic E-state index is 13.1. The number of para-hydroxylation sites is 1. The third kappa shape index (κ3) is 3.71. The molecule has 0 aromatic heterocycles. The molecule has 1 aromatic rings. The Bertz CT molecular complexity index is 778. The number of fused-ring (bicyclic) bond motifs is 3. The molecule has 150 valence electrons. The van der Waals surface area contributed by atoms with Gasteiger partial charge in [0.05, 0.1) is 17.7 Å². The number of carbonyl (C=O) groups excluding carboxylic acids is 2. The van der Waals surface area contributed by atoms with Gasteiger partial charge in [-0.1, -0.05) is 18.2 Å². The van der Waals surface area contributed by atoms with Crippen molar-refractivity contribution in [2.24, 2.45) is 11.7 Å². The number of rotatable bonds is 5. The minimum absolute atomic E-state index is 0.00212. The monoisotopic (exact) mass is 383 g/mol. The molecule has 3 aliphatic heterocycles. The fraction of sp³-hybridized carbons (Fsp3) is 0.524. The molecular weight excluding hydrogens is 354 g/mol. The van der Waals surface area contributed by atoms with Crippen molar-refractivity contribution in [3.8, 4) is 0 Å². The molecule has 0 bridgehead atoms. The average Bonchev–Trinajstić information content (AvgIpc) is 3.11. The standard InChI is InChI=1S/C21H29N5O2/c22-8-4-9-23-20(27)14-5-3-10-26(13-14)21(28)18-11-16-15-6-1-2-7-17(15)25-19(16)12-24-18/h1-2,6-7,11,14,16,19,24-25H,3-5,8-10,12-13,22H2,(H,23,27). The van der Waals surface area contributed by atoms with Crippen LogP contribution in [0.5, 0.6) is 0 Å². The first-order chi connectivity index (χ1) is 13.7. The molecule has 0 spiro atoms. The second-order valence-electron chi connectivity index (χ2n) is 7.85. The van der Waals surface area contributed by atoms with Crippen LogP contribution in [0.4, 0.5) is 5.69 Å². The summed E-state index contributed by atoms with van der Waals surface area (Å²) in [6, 6.07) is 8.55. The van der Waals surface area contributed by atoms with Crippen molar-refractivity contribution in [2.45, 2.75) is 31.2 Å². The first-order valence-electron chi connectivity index (χ1n) is 10.3. The van der Waals surface area contributed by atoms with E-state index in [-0.39, 0.29) is 29.7 Å². The second-order valence-corrected chi connectivity index (χ2v) is 7.85. The Morgan fingerprint density at radius 2 is 2.14 bits per heavy atom. The van der Waals surface area contributed by atoms with Crippen LogP contribution in [0.15, 0.2) is 36.0 Å². The maximum atomic E-state index is 13.1. The van der Waals surface area contributed by atoms with Gasteiger partial charge in [-0.2, -0.15) is 0 Å². The van der Waals surface area contributed by atoms with Gasteiger partial charge in [0.2, 0.25) is 5.91 Å². The van der Waals surface area contributed by atoms with E-state index in [1.165, 1.54) is 5.56 Å². The van der Waals surface area contributed by atoms with E-state index in [2.05, 4.69) is 34.2 Å². The highest BCUT2D eigenvalue weighted by atomic mass is 16.2. The zero-order valence-corrected chi connectivity index (χ0v) is 16.1. The van der Waals surface area contributed by atoms with Crippen LogP contribution >= 0.6 is 0 Å². The number of nitrogens with two attached hydrogens (primary N) is 1. The van der Waals surface area contributed by atoms with E-state index in [0.29, 0.717) is 38.4 Å². The van der Waals surface area contributed by atoms with E-state index in [9.17, 15) is 9.59 Å². The minimum Gasteiger partial charge on any atom is -0.379 e. The largest absolute Gasteiger partial charge is 0.379 e. The van der Waals surface area contributed by atoms with Crippen molar-refractivity contribution in [1.29, 1.82) is 0 Å². The summed E-state index contributed by atoms with van der Waals surface area (Å²) in [4.78, 5) is 27.3. The lowest BCUT2D eigenvalue weighted by Crippen LogP contribution is -2.49. The molecule has 0 saturated carbocycles. The zero-order valence-electron chi connectivity index (χ0n) is 16.1. The van der Waals surface area contributed by atoms with Gasteiger partial charge >= 0.3 is 0 Å². The highest BCUT2D eigenvalue weighted by Crippen LogP contribution is 2.38. The molecule has 5 N–H and O–H groups in total. The SMILES string of the molecule is NCCCNC(=O)C1CCCN(C(=O)C2=CC3c4ccccc4NC3CN2)C1. The second kappa shape index (κ2) is 8.22. The van der Waals surface area contributed by atoms with E-state index >= 15 is 0 Å². The topological polar surface area (TPSA) is 99.5 Å². The molecule has 0 radical (unpaired) electrons. The summed E-state index contributed by atoms with van der Waals surface area (Å²) in [6.45, 7) is 3.06. The van der Waals surface area contributed by atoms with E-state index in [4.69, 9.17) is 5.73 Å². The van der Waals surface area contributed by atoms with Crippen molar-refractivity contribution in [1.82, 2.24) is 15.5 Å². The summed E-state index contributed by atoms with van der Waals surface area (Å²) < 4.78 is 0. The van der Waals surface area contributed by atoms with E-state index in [1.54, 1.807) is 0 Å². The lowest BCUT2D eigenvalue weighted by molar-refractivity contribution is -0.133. The first-order valence-corrected chi connectivity index (χ1v) is 10.3. The number of hydrogen-bond acceptors (Lipinski definition) is 5. The van der Waals surface area contributed by atoms with Gasteiger partial charge in [-0.3, -0.25) is 9.59 Å². The van der Waals surface area contributed by atoms with E-state index in [1.807, 2.05) is 17.0 Å². The van der Waals surface area contributed by atoms with Crippen molar-refractivity contribution in [3.63, 3.8) is 0 Å². The Labute approximate surface area is 165 Å². The summed E-state index contributed by atoms with van der Waals surface area (Å²) in [5.41, 5.74) is 8.53. The van der Waals surface area contributed by atoms with Crippen LogP contribution in [-0.4, -0.2) is 55.5 Å². The normalized spacial score (nSPS) is 25.7. The Morgan fingerprint density at radius 3 is 3.00 bits per heavy atom. The number of amides is 2. The smallest absolute Gasteiger partial charge is 0.269 e. The third-order valence-electron chi connectivity index (χ3n) is 5.94. The quantitative estimate of drug-likeness (QED) is 0.563. The molecule has 3 aliphatic rings. The predicted molar refractivity (Wildman–Crippen MR) is 109 cm³/mol. The molecule has 3 atom stereocenters. The number of hydrogen-bond donors (Lipinski definition) is 4. The van der Waals surface area contributed by atoms with Crippen LogP contribution in [0.3, 0.4) is 0 Å². The fourth-order valence-electron chi connectivity index (χ4n) is 4.42. The summed E-state index contributed by atoms with van der Waals surface area (Å²) in [5, 5.41) is 9.77. The first kappa shape index (κ1) is 18.8. The summed E-state index contributed by atoms with van der Waals surface area (Å²) in [5.74, 6) is 0.102. The molecule has 3 unspecified atom stereocenters. The molecule has 2 amide bonds. The number of anilines is 1. The predicted octanol–water partition coefficient (Wildman–Crippen LogP) is 0.755. The number of carbonyl (C=O) groups is 2. The van der Waals surface area contributed by atoms with E-state index in [0.717, 1.165) is 24.9 Å². The zero-order chi connectivity index (χ0) is 19.5. The summed E-state index contributed by atoms with van der Waals surface area (Å²) in [7, 11) is 0. The van der Waals surface area contributed by atoms with Crippen molar-refractivity contribution >= 4 is 17.5 Å². The minimum atomic E-state index is -0.138. The number of nitrogens with zero attached hydrogens (tertiary/aromatic N) is 1. The lowest BCUT2D eigenvalue weighted by Gasteiger charge is -2.34. The van der Waals surface area contributed by atoms with Gasteiger partial charge in [-0.25, -0.2) is 0 Å². The Kier molecular flexibility index (Phi) is 5.52. The molecule has 7 heteroatoms. The van der Waals surface area contributed by atoms with Crippen LogP contribution in [0, 0.1) is 5.92 Å². The lowest BCUT2D eigenvalue weighted by atomic mass is 9.91. The average molecular weight is 383 g/mol. The fourth-order valence-corrected chi connectivity index (χ4v) is 4.42. The van der Waals surface area contributed by atoms with Crippen LogP contribution in [0.25, 0.3) is 0 Å². The Morgan fingerprint density at radius 1 is 1.29 bits per heavy atom. The molecule has 1 fully saturated rings. The molecular formula is C21H29N5O2. The van der Waals surface area contributed by atoms with Crippen LogP contribution in [-0.2, 0) is 9.59 Å². The highest BCUT2D eigenvalue weighted by Gasteiger charge is 2.36. The Hall–Kier alpha value is -2.54. The Balaban J connectivity index is 1.42. The molecule has 1 saturated heterocycles. The van der Waals surface area contributed by atoms with Gasteiger partial charge in [-0.15, -0.1) is 0 Å². The number of nitrogens with one attached hydrogen (secondary N) is 3. The van der Waals surface area contributed by atoms with Crippen molar-refractivity contribution < 1.29 is 9.59 Å². The van der Waals surface area contributed by atoms with Gasteiger partial charge in [0.25, 0.3) is 5.91 Å². The molecule has 7 nitrogen and oxygen atoms in total. The van der Waals surface area contributed by atoms with Crippen LogP contribution in [0.2, 0.25) is 0 Å².